The molecule has 0 unspecified atom stereocenters. The lowest BCUT2D eigenvalue weighted by Gasteiger charge is -2.28. The van der Waals surface area contributed by atoms with E-state index in [0.29, 0.717) is 49.4 Å². The Morgan fingerprint density at radius 3 is 2.33 bits per heavy atom. The van der Waals surface area contributed by atoms with Crippen LogP contribution in [0.15, 0.2) is 89.2 Å². The monoisotopic (exact) mass is 539 g/mol. The summed E-state index contributed by atoms with van der Waals surface area (Å²) in [5.41, 5.74) is 3.47. The van der Waals surface area contributed by atoms with Crippen LogP contribution < -0.4 is 10.6 Å². The van der Waals surface area contributed by atoms with Crippen molar-refractivity contribution in [2.75, 3.05) is 10.6 Å². The molecule has 1 amide bonds. The number of allylic oxidation sites excluding steroid dienone is 1. The maximum atomic E-state index is 13.7. The fourth-order valence-electron chi connectivity index (χ4n) is 3.90. The van der Waals surface area contributed by atoms with Crippen LogP contribution in [-0.2, 0) is 10.5 Å². The third-order valence-corrected chi connectivity index (χ3v) is 7.06. The molecule has 10 heteroatoms. The summed E-state index contributed by atoms with van der Waals surface area (Å²) in [4.78, 5) is 18.1. The number of halogens is 3. The highest BCUT2D eigenvalue weighted by Crippen LogP contribution is 2.37. The van der Waals surface area contributed by atoms with Crippen LogP contribution in [0.25, 0.3) is 0 Å². The second-order valence-electron chi connectivity index (χ2n) is 8.16. The van der Waals surface area contributed by atoms with Crippen molar-refractivity contribution in [2.45, 2.75) is 23.9 Å². The number of aromatic nitrogens is 3. The molecule has 0 aliphatic carbocycles. The molecule has 1 aliphatic rings. The lowest BCUT2D eigenvalue weighted by atomic mass is 9.95. The molecule has 5 rings (SSSR count). The van der Waals surface area contributed by atoms with E-state index in [1.165, 1.54) is 23.9 Å². The highest BCUT2D eigenvalue weighted by molar-refractivity contribution is 7.98. The van der Waals surface area contributed by atoms with Gasteiger partial charge in [-0.15, -0.1) is 5.10 Å². The van der Waals surface area contributed by atoms with E-state index in [4.69, 9.17) is 28.3 Å². The minimum Gasteiger partial charge on any atom is -0.328 e. The van der Waals surface area contributed by atoms with Gasteiger partial charge < -0.3 is 10.6 Å². The largest absolute Gasteiger partial charge is 0.328 e. The molecule has 0 spiro atoms. The quantitative estimate of drug-likeness (QED) is 0.259. The summed E-state index contributed by atoms with van der Waals surface area (Å²) >= 11 is 13.4. The number of nitrogens with zero attached hydrogens (tertiary/aromatic N) is 3. The van der Waals surface area contributed by atoms with Crippen LogP contribution >= 0.6 is 35.0 Å². The zero-order valence-electron chi connectivity index (χ0n) is 19.0. The molecule has 182 valence electrons. The van der Waals surface area contributed by atoms with Gasteiger partial charge in [0.1, 0.15) is 11.9 Å². The Morgan fingerprint density at radius 1 is 1.03 bits per heavy atom. The van der Waals surface area contributed by atoms with E-state index >= 15 is 0 Å². The average molecular weight is 540 g/mol. The summed E-state index contributed by atoms with van der Waals surface area (Å²) in [5, 5.41) is 12.6. The number of carbonyl (C=O) groups excluding carboxylic acids is 1. The predicted molar refractivity (Wildman–Crippen MR) is 142 cm³/mol. The van der Waals surface area contributed by atoms with E-state index < -0.39 is 6.04 Å². The van der Waals surface area contributed by atoms with E-state index in [2.05, 4.69) is 15.6 Å². The zero-order chi connectivity index (χ0) is 25.2. The SMILES string of the molecule is CC1=C(C(=O)Nc2ccc(Cl)cc2)[C@H](c2ccc(F)cc2)n2nc(SCc3ccc(Cl)cc3)nc2N1. The van der Waals surface area contributed by atoms with E-state index in [1.807, 2.05) is 31.2 Å². The van der Waals surface area contributed by atoms with Crippen molar-refractivity contribution in [1.29, 1.82) is 0 Å². The predicted octanol–water partition coefficient (Wildman–Crippen LogP) is 6.94. The third-order valence-electron chi connectivity index (χ3n) is 5.65. The van der Waals surface area contributed by atoms with Gasteiger partial charge in [0.2, 0.25) is 11.1 Å². The lowest BCUT2D eigenvalue weighted by Crippen LogP contribution is -2.31. The molecule has 0 bridgehead atoms. The number of rotatable bonds is 6. The smallest absolute Gasteiger partial charge is 0.255 e. The van der Waals surface area contributed by atoms with Crippen molar-refractivity contribution >= 4 is 52.5 Å². The number of thioether (sulfide) groups is 1. The fourth-order valence-corrected chi connectivity index (χ4v) is 4.94. The molecule has 1 aromatic heterocycles. The number of benzene rings is 3. The van der Waals surface area contributed by atoms with Crippen molar-refractivity contribution in [3.8, 4) is 0 Å². The molecular formula is C26H20Cl2FN5OS. The molecule has 1 aliphatic heterocycles. The first kappa shape index (κ1) is 24.4. The number of fused-ring (bicyclic) bond motifs is 1. The van der Waals surface area contributed by atoms with Gasteiger partial charge in [-0.25, -0.2) is 9.07 Å². The Balaban J connectivity index is 1.47. The minimum atomic E-state index is -0.605. The lowest BCUT2D eigenvalue weighted by molar-refractivity contribution is -0.113. The van der Waals surface area contributed by atoms with Gasteiger partial charge >= 0.3 is 0 Å². The van der Waals surface area contributed by atoms with Crippen LogP contribution in [0, 0.1) is 5.82 Å². The van der Waals surface area contributed by atoms with Crippen LogP contribution in [0.2, 0.25) is 10.0 Å². The summed E-state index contributed by atoms with van der Waals surface area (Å²) in [6, 6.07) is 19.9. The number of hydrogen-bond acceptors (Lipinski definition) is 5. The van der Waals surface area contributed by atoms with Crippen LogP contribution in [0.5, 0.6) is 0 Å². The van der Waals surface area contributed by atoms with Gasteiger partial charge in [-0.3, -0.25) is 4.79 Å². The van der Waals surface area contributed by atoms with Crippen molar-refractivity contribution in [3.63, 3.8) is 0 Å². The molecule has 4 aromatic rings. The normalized spacial score (nSPS) is 14.8. The molecule has 0 saturated carbocycles. The molecule has 2 N–H and O–H groups in total. The third kappa shape index (κ3) is 5.26. The topological polar surface area (TPSA) is 71.8 Å². The number of amides is 1. The Hall–Kier alpha value is -3.33. The van der Waals surface area contributed by atoms with Gasteiger partial charge in [0.25, 0.3) is 5.91 Å². The standard InChI is InChI=1S/C26H20Cl2FN5OS/c1-15-22(24(35)31-21-12-8-19(28)9-13-21)23(17-4-10-20(29)11-5-17)34-25(30-15)32-26(33-34)36-14-16-2-6-18(27)7-3-16/h2-13,23H,14H2,1H3,(H,31,35)(H,30,32,33)/t23-/m0/s1. The molecule has 2 heterocycles. The highest BCUT2D eigenvalue weighted by Gasteiger charge is 2.34. The molecule has 1 atom stereocenters. The number of hydrogen-bond donors (Lipinski definition) is 2. The first-order chi connectivity index (χ1) is 17.4. The van der Waals surface area contributed by atoms with Crippen molar-refractivity contribution < 1.29 is 9.18 Å². The Labute approximate surface area is 221 Å². The first-order valence-electron chi connectivity index (χ1n) is 11.0. The van der Waals surface area contributed by atoms with Crippen LogP contribution in [0.3, 0.4) is 0 Å². The second kappa shape index (κ2) is 10.3. The van der Waals surface area contributed by atoms with Crippen LogP contribution in [0.4, 0.5) is 16.0 Å². The van der Waals surface area contributed by atoms with Gasteiger partial charge in [-0.1, -0.05) is 59.2 Å². The van der Waals surface area contributed by atoms with Crippen LogP contribution in [-0.4, -0.2) is 20.7 Å². The summed E-state index contributed by atoms with van der Waals surface area (Å²) in [5.74, 6) is 0.480. The molecular weight excluding hydrogens is 520 g/mol. The van der Waals surface area contributed by atoms with Crippen molar-refractivity contribution in [3.05, 3.63) is 111 Å². The summed E-state index contributed by atoms with van der Waals surface area (Å²) in [7, 11) is 0. The van der Waals surface area contributed by atoms with E-state index in [-0.39, 0.29) is 11.7 Å². The minimum absolute atomic E-state index is 0.312. The fraction of sp³-hybridized carbons (Fsp3) is 0.115. The van der Waals surface area contributed by atoms with Gasteiger partial charge in [0.15, 0.2) is 0 Å². The Morgan fingerprint density at radius 2 is 1.67 bits per heavy atom. The van der Waals surface area contributed by atoms with E-state index in [9.17, 15) is 9.18 Å². The number of carbonyl (C=O) groups is 1. The Kier molecular flexibility index (Phi) is 7.00. The maximum absolute atomic E-state index is 13.7. The zero-order valence-corrected chi connectivity index (χ0v) is 21.3. The first-order valence-corrected chi connectivity index (χ1v) is 12.8. The number of anilines is 2. The van der Waals surface area contributed by atoms with Gasteiger partial charge in [-0.05, 0) is 66.6 Å². The summed E-state index contributed by atoms with van der Waals surface area (Å²) in [6.07, 6.45) is 0. The summed E-state index contributed by atoms with van der Waals surface area (Å²) < 4.78 is 15.4. The molecule has 0 saturated heterocycles. The second-order valence-corrected chi connectivity index (χ2v) is 9.97. The molecule has 6 nitrogen and oxygen atoms in total. The number of nitrogens with one attached hydrogen (secondary N) is 2. The van der Waals surface area contributed by atoms with E-state index in [0.717, 1.165) is 5.56 Å². The van der Waals surface area contributed by atoms with E-state index in [1.54, 1.807) is 41.1 Å². The van der Waals surface area contributed by atoms with Gasteiger partial charge in [0, 0.05) is 27.2 Å². The Bertz CT molecular complexity index is 1440. The van der Waals surface area contributed by atoms with Gasteiger partial charge in [0.05, 0.1) is 5.57 Å². The van der Waals surface area contributed by atoms with Gasteiger partial charge in [-0.2, -0.15) is 4.98 Å². The molecule has 36 heavy (non-hydrogen) atoms. The molecule has 0 fully saturated rings. The summed E-state index contributed by atoms with van der Waals surface area (Å²) in [6.45, 7) is 1.81. The maximum Gasteiger partial charge on any atom is 0.255 e. The molecule has 3 aromatic carbocycles. The van der Waals surface area contributed by atoms with Crippen LogP contribution in [0.1, 0.15) is 24.1 Å². The molecule has 0 radical (unpaired) electrons. The average Bonchev–Trinajstić information content (AvgIpc) is 3.27. The highest BCUT2D eigenvalue weighted by atomic mass is 35.5. The van der Waals surface area contributed by atoms with Crippen molar-refractivity contribution in [2.24, 2.45) is 0 Å². The van der Waals surface area contributed by atoms with Crippen molar-refractivity contribution in [1.82, 2.24) is 14.8 Å².